The number of para-hydroxylation sites is 1. The number of benzene rings is 1. The van der Waals surface area contributed by atoms with Gasteiger partial charge >= 0.3 is 0 Å². The van der Waals surface area contributed by atoms with Crippen LogP contribution in [0.5, 0.6) is 11.6 Å². The molecule has 1 amide bonds. The van der Waals surface area contributed by atoms with Gasteiger partial charge in [-0.15, -0.1) is 0 Å². The van der Waals surface area contributed by atoms with Crippen LogP contribution in [-0.2, 0) is 4.79 Å². The van der Waals surface area contributed by atoms with E-state index in [1.54, 1.807) is 19.3 Å². The minimum Gasteiger partial charge on any atom is -0.437 e. The Labute approximate surface area is 168 Å². The third kappa shape index (κ3) is 4.75. The van der Waals surface area contributed by atoms with Crippen molar-refractivity contribution in [1.29, 1.82) is 0 Å². The maximum absolute atomic E-state index is 12.2. The van der Waals surface area contributed by atoms with Crippen molar-refractivity contribution in [2.24, 2.45) is 0 Å². The standard InChI is InChI=1S/C20H22N6O3/c1-14-19(25-29-24-14)23-17(27)13-26-11-7-15(8-12-26)18-20(22-10-9-21-18)28-16-5-3-2-4-6-16/h2-6,9-10,15H,7-8,11-13H2,1H3,(H,23,25,27). The first kappa shape index (κ1) is 19.0. The number of rotatable bonds is 6. The Kier molecular flexibility index (Phi) is 5.76. The molecule has 1 aliphatic heterocycles. The van der Waals surface area contributed by atoms with Crippen LogP contribution in [-0.4, -0.2) is 50.7 Å². The van der Waals surface area contributed by atoms with Crippen LogP contribution >= 0.6 is 0 Å². The molecule has 0 radical (unpaired) electrons. The van der Waals surface area contributed by atoms with Gasteiger partial charge in [0.15, 0.2) is 5.82 Å². The normalized spacial score (nSPS) is 15.2. The molecule has 1 N–H and O–H groups in total. The van der Waals surface area contributed by atoms with Crippen LogP contribution in [0.3, 0.4) is 0 Å². The highest BCUT2D eigenvalue weighted by atomic mass is 16.6. The number of nitrogens with zero attached hydrogens (tertiary/aromatic N) is 5. The van der Waals surface area contributed by atoms with E-state index in [9.17, 15) is 4.79 Å². The summed E-state index contributed by atoms with van der Waals surface area (Å²) >= 11 is 0. The monoisotopic (exact) mass is 394 g/mol. The van der Waals surface area contributed by atoms with E-state index < -0.39 is 0 Å². The van der Waals surface area contributed by atoms with E-state index in [4.69, 9.17) is 4.74 Å². The number of piperidine rings is 1. The maximum Gasteiger partial charge on any atom is 0.241 e. The zero-order valence-corrected chi connectivity index (χ0v) is 16.1. The fourth-order valence-electron chi connectivity index (χ4n) is 3.38. The largest absolute Gasteiger partial charge is 0.437 e. The fraction of sp³-hybridized carbons (Fsp3) is 0.350. The molecule has 1 aliphatic rings. The fourth-order valence-corrected chi connectivity index (χ4v) is 3.38. The molecule has 0 bridgehead atoms. The first-order valence-electron chi connectivity index (χ1n) is 9.54. The third-order valence-corrected chi connectivity index (χ3v) is 4.90. The van der Waals surface area contributed by atoms with E-state index in [0.717, 1.165) is 37.4 Å². The molecular weight excluding hydrogens is 372 g/mol. The lowest BCUT2D eigenvalue weighted by atomic mass is 9.93. The van der Waals surface area contributed by atoms with Crippen molar-refractivity contribution in [1.82, 2.24) is 25.2 Å². The number of hydrogen-bond acceptors (Lipinski definition) is 8. The molecular formula is C20H22N6O3. The Hall–Kier alpha value is -3.33. The van der Waals surface area contributed by atoms with Crippen molar-refractivity contribution in [3.8, 4) is 11.6 Å². The zero-order valence-electron chi connectivity index (χ0n) is 16.1. The predicted molar refractivity (Wildman–Crippen MR) is 105 cm³/mol. The Bertz CT molecular complexity index is 954. The van der Waals surface area contributed by atoms with Crippen LogP contribution in [0.2, 0.25) is 0 Å². The van der Waals surface area contributed by atoms with Gasteiger partial charge in [0, 0.05) is 18.3 Å². The van der Waals surface area contributed by atoms with Crippen molar-refractivity contribution in [2.45, 2.75) is 25.7 Å². The molecule has 0 atom stereocenters. The van der Waals surface area contributed by atoms with Gasteiger partial charge in [0.25, 0.3) is 0 Å². The molecule has 4 rings (SSSR count). The Morgan fingerprint density at radius 2 is 1.93 bits per heavy atom. The number of nitrogens with one attached hydrogen (secondary N) is 1. The summed E-state index contributed by atoms with van der Waals surface area (Å²) in [5.74, 6) is 1.76. The Morgan fingerprint density at radius 1 is 1.17 bits per heavy atom. The zero-order chi connectivity index (χ0) is 20.1. The maximum atomic E-state index is 12.2. The number of hydrogen-bond donors (Lipinski definition) is 1. The second kappa shape index (κ2) is 8.78. The van der Waals surface area contributed by atoms with Gasteiger partial charge in [-0.1, -0.05) is 23.4 Å². The molecule has 3 heterocycles. The van der Waals surface area contributed by atoms with Crippen LogP contribution in [0, 0.1) is 6.92 Å². The topological polar surface area (TPSA) is 106 Å². The molecule has 9 heteroatoms. The van der Waals surface area contributed by atoms with E-state index in [2.05, 4.69) is 35.1 Å². The van der Waals surface area contributed by atoms with Crippen molar-refractivity contribution in [2.75, 3.05) is 25.0 Å². The van der Waals surface area contributed by atoms with Crippen molar-refractivity contribution < 1.29 is 14.2 Å². The second-order valence-corrected chi connectivity index (χ2v) is 6.96. The highest BCUT2D eigenvalue weighted by molar-refractivity contribution is 5.91. The summed E-state index contributed by atoms with van der Waals surface area (Å²) < 4.78 is 10.6. The van der Waals surface area contributed by atoms with Crippen LogP contribution in [0.25, 0.3) is 0 Å². The number of aromatic nitrogens is 4. The summed E-state index contributed by atoms with van der Waals surface area (Å²) in [5, 5.41) is 10.1. The molecule has 0 saturated carbocycles. The molecule has 2 aromatic heterocycles. The average molecular weight is 394 g/mol. The van der Waals surface area contributed by atoms with Crippen molar-refractivity contribution in [3.63, 3.8) is 0 Å². The summed E-state index contributed by atoms with van der Waals surface area (Å²) in [6, 6.07) is 9.57. The summed E-state index contributed by atoms with van der Waals surface area (Å²) in [6.07, 6.45) is 5.09. The molecule has 0 unspecified atom stereocenters. The lowest BCUT2D eigenvalue weighted by Crippen LogP contribution is -2.39. The summed E-state index contributed by atoms with van der Waals surface area (Å²) in [6.45, 7) is 3.60. The van der Waals surface area contributed by atoms with Crippen LogP contribution in [0.15, 0.2) is 47.4 Å². The van der Waals surface area contributed by atoms with E-state index >= 15 is 0 Å². The van der Waals surface area contributed by atoms with Crippen molar-refractivity contribution in [3.05, 3.63) is 54.1 Å². The summed E-state index contributed by atoms with van der Waals surface area (Å²) in [4.78, 5) is 23.3. The first-order valence-corrected chi connectivity index (χ1v) is 9.54. The highest BCUT2D eigenvalue weighted by Crippen LogP contribution is 2.33. The molecule has 1 fully saturated rings. The first-order chi connectivity index (χ1) is 14.2. The summed E-state index contributed by atoms with van der Waals surface area (Å²) in [5.41, 5.74) is 1.43. The molecule has 1 saturated heterocycles. The van der Waals surface area contributed by atoms with Gasteiger partial charge < -0.3 is 10.1 Å². The van der Waals surface area contributed by atoms with E-state index in [1.165, 1.54) is 0 Å². The number of aryl methyl sites for hydroxylation is 1. The Morgan fingerprint density at radius 3 is 2.66 bits per heavy atom. The minimum atomic E-state index is -0.130. The second-order valence-electron chi connectivity index (χ2n) is 6.96. The lowest BCUT2D eigenvalue weighted by Gasteiger charge is -2.31. The minimum absolute atomic E-state index is 0.130. The van der Waals surface area contributed by atoms with Gasteiger partial charge in [-0.05, 0) is 50.1 Å². The highest BCUT2D eigenvalue weighted by Gasteiger charge is 2.26. The van der Waals surface area contributed by atoms with Gasteiger partial charge in [-0.2, -0.15) is 0 Å². The molecule has 150 valence electrons. The predicted octanol–water partition coefficient (Wildman–Crippen LogP) is 2.78. The molecule has 0 aliphatic carbocycles. The quantitative estimate of drug-likeness (QED) is 0.680. The van der Waals surface area contributed by atoms with Crippen molar-refractivity contribution >= 4 is 11.7 Å². The molecule has 9 nitrogen and oxygen atoms in total. The molecule has 29 heavy (non-hydrogen) atoms. The lowest BCUT2D eigenvalue weighted by molar-refractivity contribution is -0.117. The molecule has 0 spiro atoms. The van der Waals surface area contributed by atoms with Crippen LogP contribution in [0.4, 0.5) is 5.82 Å². The SMILES string of the molecule is Cc1nonc1NC(=O)CN1CCC(c2nccnc2Oc2ccccc2)CC1. The van der Waals surface area contributed by atoms with Crippen LogP contribution < -0.4 is 10.1 Å². The van der Waals surface area contributed by atoms with Crippen LogP contribution in [0.1, 0.15) is 30.1 Å². The van der Waals surface area contributed by atoms with Gasteiger partial charge in [-0.3, -0.25) is 14.7 Å². The van der Waals surface area contributed by atoms with E-state index in [0.29, 0.717) is 23.9 Å². The Balaban J connectivity index is 1.34. The number of likely N-dealkylation sites (tertiary alicyclic amines) is 1. The van der Waals surface area contributed by atoms with Gasteiger partial charge in [0.2, 0.25) is 11.8 Å². The van der Waals surface area contributed by atoms with E-state index in [-0.39, 0.29) is 11.8 Å². The third-order valence-electron chi connectivity index (χ3n) is 4.90. The van der Waals surface area contributed by atoms with Gasteiger partial charge in [0.1, 0.15) is 17.1 Å². The summed E-state index contributed by atoms with van der Waals surface area (Å²) in [7, 11) is 0. The number of carbonyl (C=O) groups excluding carboxylic acids is 1. The number of carbonyl (C=O) groups is 1. The van der Waals surface area contributed by atoms with E-state index in [1.807, 2.05) is 30.3 Å². The van der Waals surface area contributed by atoms with Gasteiger partial charge in [-0.25, -0.2) is 9.61 Å². The average Bonchev–Trinajstić information content (AvgIpc) is 3.14. The molecule has 3 aromatic rings. The molecule has 1 aromatic carbocycles. The number of amides is 1. The smallest absolute Gasteiger partial charge is 0.241 e. The number of ether oxygens (including phenoxy) is 1. The van der Waals surface area contributed by atoms with Gasteiger partial charge in [0.05, 0.1) is 6.54 Å². The number of anilines is 1.